The van der Waals surface area contributed by atoms with Crippen LogP contribution >= 0.6 is 0 Å². The molecule has 5 rings (SSSR count). The summed E-state index contributed by atoms with van der Waals surface area (Å²) in [6.07, 6.45) is 2.83. The number of ether oxygens (including phenoxy) is 3. The van der Waals surface area contributed by atoms with Gasteiger partial charge in [-0.05, 0) is 48.7 Å². The average Bonchev–Trinajstić information content (AvgIpc) is 2.85. The number of carbonyl (C=O) groups is 3. The first-order valence-corrected chi connectivity index (χ1v) is 12.5. The van der Waals surface area contributed by atoms with E-state index >= 15 is 0 Å². The summed E-state index contributed by atoms with van der Waals surface area (Å²) >= 11 is 0. The van der Waals surface area contributed by atoms with Crippen molar-refractivity contribution in [2.75, 3.05) is 26.8 Å². The molecule has 0 radical (unpaired) electrons. The Morgan fingerprint density at radius 2 is 1.97 bits per heavy atom. The first-order valence-electron chi connectivity index (χ1n) is 12.5. The molecule has 3 amide bonds. The molecule has 1 saturated heterocycles. The zero-order valence-corrected chi connectivity index (χ0v) is 20.6. The molecular weight excluding hydrogens is 481 g/mol. The van der Waals surface area contributed by atoms with Gasteiger partial charge in [0.1, 0.15) is 17.7 Å². The van der Waals surface area contributed by atoms with E-state index in [9.17, 15) is 18.8 Å². The van der Waals surface area contributed by atoms with Crippen LogP contribution in [0, 0.1) is 11.7 Å². The molecule has 1 aliphatic carbocycles. The summed E-state index contributed by atoms with van der Waals surface area (Å²) in [7, 11) is 1.47. The van der Waals surface area contributed by atoms with Gasteiger partial charge in [-0.1, -0.05) is 6.42 Å². The van der Waals surface area contributed by atoms with E-state index < -0.39 is 23.9 Å². The Kier molecular flexibility index (Phi) is 7.16. The van der Waals surface area contributed by atoms with Crippen molar-refractivity contribution < 1.29 is 33.0 Å². The summed E-state index contributed by atoms with van der Waals surface area (Å²) in [4.78, 5) is 40.4. The second-order valence-corrected chi connectivity index (χ2v) is 9.66. The number of amides is 3. The van der Waals surface area contributed by atoms with Crippen LogP contribution in [0.2, 0.25) is 0 Å². The summed E-state index contributed by atoms with van der Waals surface area (Å²) in [5.74, 6) is -0.254. The minimum Gasteiger partial charge on any atom is -0.493 e. The molecule has 4 bridgehead atoms. The Hall–Kier alpha value is -3.82. The van der Waals surface area contributed by atoms with Crippen LogP contribution in [0.3, 0.4) is 0 Å². The molecule has 0 unspecified atom stereocenters. The zero-order chi connectivity index (χ0) is 25.9. The fourth-order valence-electron chi connectivity index (χ4n) is 4.87. The van der Waals surface area contributed by atoms with Crippen molar-refractivity contribution in [1.82, 2.24) is 15.5 Å². The number of fused-ring (bicyclic) bond motifs is 5. The molecule has 2 heterocycles. The van der Waals surface area contributed by atoms with Gasteiger partial charge in [0, 0.05) is 43.6 Å². The molecule has 0 aromatic heterocycles. The monoisotopic (exact) mass is 511 g/mol. The van der Waals surface area contributed by atoms with Crippen molar-refractivity contribution in [1.29, 1.82) is 0 Å². The first kappa shape index (κ1) is 24.9. The van der Waals surface area contributed by atoms with Crippen LogP contribution in [0.25, 0.3) is 0 Å². The fourth-order valence-corrected chi connectivity index (χ4v) is 4.87. The normalized spacial score (nSPS) is 22.4. The Bertz CT molecular complexity index is 1200. The van der Waals surface area contributed by atoms with E-state index in [1.54, 1.807) is 23.1 Å². The lowest BCUT2D eigenvalue weighted by Gasteiger charge is -2.41. The lowest BCUT2D eigenvalue weighted by Crippen LogP contribution is -2.59. The van der Waals surface area contributed by atoms with E-state index in [0.29, 0.717) is 42.1 Å². The molecule has 37 heavy (non-hydrogen) atoms. The SMILES string of the molecule is COc1ccc2cc1OCC(=O)NCc1cc(F)cc(c1)O[C@@H]1CCN(C(=O)C3CCC3)C[C@@H]1NC2=O. The van der Waals surface area contributed by atoms with E-state index in [1.165, 1.54) is 25.3 Å². The second kappa shape index (κ2) is 10.7. The summed E-state index contributed by atoms with van der Waals surface area (Å²) in [5.41, 5.74) is 0.825. The van der Waals surface area contributed by atoms with E-state index in [1.807, 2.05) is 0 Å². The molecular formula is C27H30FN3O6. The molecule has 2 aromatic carbocycles. The summed E-state index contributed by atoms with van der Waals surface area (Å²) in [6, 6.07) is 8.45. The third-order valence-corrected chi connectivity index (χ3v) is 7.12. The predicted molar refractivity (Wildman–Crippen MR) is 131 cm³/mol. The number of carbonyl (C=O) groups excluding carboxylic acids is 3. The number of nitrogens with one attached hydrogen (secondary N) is 2. The fraction of sp³-hybridized carbons (Fsp3) is 0.444. The van der Waals surface area contributed by atoms with Gasteiger partial charge < -0.3 is 29.7 Å². The number of rotatable bonds is 2. The summed E-state index contributed by atoms with van der Waals surface area (Å²) in [5, 5.41) is 5.71. The number of nitrogens with zero attached hydrogens (tertiary/aromatic N) is 1. The van der Waals surface area contributed by atoms with Crippen LogP contribution < -0.4 is 24.8 Å². The number of hydrogen-bond donors (Lipinski definition) is 2. The second-order valence-electron chi connectivity index (χ2n) is 9.66. The van der Waals surface area contributed by atoms with Gasteiger partial charge in [0.25, 0.3) is 11.8 Å². The third-order valence-electron chi connectivity index (χ3n) is 7.12. The Morgan fingerprint density at radius 3 is 2.73 bits per heavy atom. The van der Waals surface area contributed by atoms with Crippen LogP contribution in [0.4, 0.5) is 4.39 Å². The van der Waals surface area contributed by atoms with Crippen molar-refractivity contribution in [2.45, 2.75) is 44.4 Å². The number of halogens is 1. The highest BCUT2D eigenvalue weighted by molar-refractivity contribution is 5.95. The van der Waals surface area contributed by atoms with Crippen molar-refractivity contribution >= 4 is 17.7 Å². The topological polar surface area (TPSA) is 106 Å². The van der Waals surface area contributed by atoms with Gasteiger partial charge in [0.15, 0.2) is 18.1 Å². The summed E-state index contributed by atoms with van der Waals surface area (Å²) in [6.45, 7) is 0.555. The van der Waals surface area contributed by atoms with Crippen LogP contribution in [0.5, 0.6) is 17.2 Å². The van der Waals surface area contributed by atoms with Gasteiger partial charge in [-0.25, -0.2) is 4.39 Å². The van der Waals surface area contributed by atoms with Crippen molar-refractivity contribution in [2.24, 2.45) is 5.92 Å². The molecule has 196 valence electrons. The van der Waals surface area contributed by atoms with Crippen molar-refractivity contribution in [3.63, 3.8) is 0 Å². The minimum absolute atomic E-state index is 0.0432. The van der Waals surface area contributed by atoms with Gasteiger partial charge in [-0.15, -0.1) is 0 Å². The van der Waals surface area contributed by atoms with Crippen LogP contribution in [-0.4, -0.2) is 61.6 Å². The number of piperidine rings is 1. The lowest BCUT2D eigenvalue weighted by molar-refractivity contribution is -0.140. The molecule has 2 aromatic rings. The molecule has 1 saturated carbocycles. The van der Waals surface area contributed by atoms with Crippen LogP contribution in [0.15, 0.2) is 36.4 Å². The molecule has 0 spiro atoms. The zero-order valence-electron chi connectivity index (χ0n) is 20.6. The maximum Gasteiger partial charge on any atom is 0.258 e. The quantitative estimate of drug-likeness (QED) is 0.642. The van der Waals surface area contributed by atoms with Crippen LogP contribution in [0.1, 0.15) is 41.6 Å². The summed E-state index contributed by atoms with van der Waals surface area (Å²) < 4.78 is 31.5. The predicted octanol–water partition coefficient (Wildman–Crippen LogP) is 2.42. The maximum atomic E-state index is 14.4. The number of benzene rings is 2. The standard InChI is InChI=1S/C27H30FN3O6/c1-35-23-6-5-18-11-24(23)36-15-25(32)29-13-16-9-19(28)12-20(10-16)37-22-7-8-31(14-21(22)30-26(18)33)27(34)17-3-2-4-17/h5-6,9-12,17,21-22H,2-4,7-8,13-15H2,1H3,(H,29,32)(H,30,33)/t21-,22+/m0/s1. The van der Waals surface area contributed by atoms with Gasteiger partial charge in [0.05, 0.1) is 13.2 Å². The highest BCUT2D eigenvalue weighted by atomic mass is 19.1. The van der Waals surface area contributed by atoms with Gasteiger partial charge in [0.2, 0.25) is 5.91 Å². The van der Waals surface area contributed by atoms with Crippen molar-refractivity contribution in [3.8, 4) is 17.2 Å². The molecule has 10 heteroatoms. The molecule has 2 atom stereocenters. The third kappa shape index (κ3) is 5.63. The van der Waals surface area contributed by atoms with E-state index in [4.69, 9.17) is 14.2 Å². The number of methoxy groups -OCH3 is 1. The molecule has 2 fully saturated rings. The van der Waals surface area contributed by atoms with E-state index in [-0.39, 0.29) is 36.6 Å². The molecule has 2 aliphatic heterocycles. The van der Waals surface area contributed by atoms with E-state index in [2.05, 4.69) is 10.6 Å². The van der Waals surface area contributed by atoms with E-state index in [0.717, 1.165) is 19.3 Å². The van der Waals surface area contributed by atoms with Crippen LogP contribution in [-0.2, 0) is 16.1 Å². The van der Waals surface area contributed by atoms with Gasteiger partial charge in [-0.3, -0.25) is 14.4 Å². The first-order chi connectivity index (χ1) is 17.9. The molecule has 2 N–H and O–H groups in total. The molecule has 3 aliphatic rings. The lowest BCUT2D eigenvalue weighted by atomic mass is 9.83. The van der Waals surface area contributed by atoms with Gasteiger partial charge >= 0.3 is 0 Å². The Morgan fingerprint density at radius 1 is 1.14 bits per heavy atom. The maximum absolute atomic E-state index is 14.4. The smallest absolute Gasteiger partial charge is 0.258 e. The highest BCUT2D eigenvalue weighted by Gasteiger charge is 2.38. The largest absolute Gasteiger partial charge is 0.493 e. The molecule has 9 nitrogen and oxygen atoms in total. The number of likely N-dealkylation sites (tertiary alicyclic amines) is 1. The van der Waals surface area contributed by atoms with Crippen molar-refractivity contribution in [3.05, 3.63) is 53.3 Å². The average molecular weight is 512 g/mol. The highest BCUT2D eigenvalue weighted by Crippen LogP contribution is 2.31. The Labute approximate surface area is 214 Å². The Balaban J connectivity index is 1.45. The number of hydrogen-bond acceptors (Lipinski definition) is 6. The minimum atomic E-state index is -0.518. The van der Waals surface area contributed by atoms with Gasteiger partial charge in [-0.2, -0.15) is 0 Å².